The Morgan fingerprint density at radius 1 is 0.729 bits per heavy atom. The number of aromatic nitrogens is 7. The fraction of sp³-hybridized carbons (Fsp3) is 0.176. The van der Waals surface area contributed by atoms with Crippen LogP contribution in [0.25, 0.3) is 33.8 Å². The number of anilines is 1. The van der Waals surface area contributed by atoms with Crippen LogP contribution >= 0.6 is 0 Å². The molecule has 1 saturated heterocycles. The zero-order valence-corrected chi connectivity index (χ0v) is 29.1. The largest absolute Gasteiger partial charge is 3.00 e. The van der Waals surface area contributed by atoms with Crippen LogP contribution in [0.2, 0.25) is 0 Å². The van der Waals surface area contributed by atoms with E-state index in [1.54, 1.807) is 29.4 Å². The molecular weight excluding hydrogens is 740 g/mol. The number of aryl methyl sites for hydroxylation is 1. The van der Waals surface area contributed by atoms with Crippen LogP contribution in [0.3, 0.4) is 0 Å². The van der Waals surface area contributed by atoms with Gasteiger partial charge >= 0.3 is 19.5 Å². The van der Waals surface area contributed by atoms with E-state index in [1.165, 1.54) is 12.4 Å². The molecular formula is C34H31Cl2N8O3Ru. The second-order valence-corrected chi connectivity index (χ2v) is 9.91. The molecule has 0 spiro atoms. The van der Waals surface area contributed by atoms with Gasteiger partial charge in [0.25, 0.3) is 0 Å². The fourth-order valence-electron chi connectivity index (χ4n) is 4.68. The summed E-state index contributed by atoms with van der Waals surface area (Å²) in [5.74, 6) is -0.893. The third kappa shape index (κ3) is 10.2. The third-order valence-electron chi connectivity index (χ3n) is 6.94. The maximum atomic E-state index is 12.1. The van der Waals surface area contributed by atoms with E-state index in [4.69, 9.17) is 0 Å². The van der Waals surface area contributed by atoms with Gasteiger partial charge in [-0.1, -0.05) is 24.3 Å². The molecule has 7 heterocycles. The first-order valence-corrected chi connectivity index (χ1v) is 14.6. The molecule has 0 aliphatic carbocycles. The van der Waals surface area contributed by atoms with Gasteiger partial charge in [-0.05, 0) is 68.3 Å². The molecule has 1 aliphatic rings. The van der Waals surface area contributed by atoms with Crippen LogP contribution in [0.1, 0.15) is 30.1 Å². The van der Waals surface area contributed by atoms with Gasteiger partial charge in [0.1, 0.15) is 5.65 Å². The number of aromatic carboxylic acids is 1. The molecule has 6 aromatic heterocycles. The van der Waals surface area contributed by atoms with Crippen molar-refractivity contribution in [2.75, 3.05) is 18.0 Å². The topological polar surface area (TPSA) is 143 Å². The maximum absolute atomic E-state index is 12.1. The second-order valence-electron chi connectivity index (χ2n) is 9.91. The molecule has 0 atom stereocenters. The predicted molar refractivity (Wildman–Crippen MR) is 170 cm³/mol. The first-order chi connectivity index (χ1) is 22.0. The summed E-state index contributed by atoms with van der Waals surface area (Å²) in [7, 11) is 0. The van der Waals surface area contributed by atoms with Crippen molar-refractivity contribution in [3.8, 4) is 22.8 Å². The van der Waals surface area contributed by atoms with Crippen molar-refractivity contribution in [1.29, 1.82) is 0 Å². The molecule has 0 amide bonds. The molecule has 0 unspecified atom stereocenters. The number of rotatable bonds is 5. The zero-order chi connectivity index (χ0) is 31.4. The molecule has 1 aliphatic heterocycles. The van der Waals surface area contributed by atoms with E-state index in [-0.39, 0.29) is 55.2 Å². The normalized spacial score (nSPS) is 11.3. The molecule has 7 rings (SSSR count). The zero-order valence-electron chi connectivity index (χ0n) is 25.8. The quantitative estimate of drug-likeness (QED) is 0.182. The Morgan fingerprint density at radius 2 is 1.17 bits per heavy atom. The van der Waals surface area contributed by atoms with E-state index in [9.17, 15) is 14.7 Å². The Labute approximate surface area is 303 Å². The SMILES string of the molecule is CCn1cc(C(=O)[O-])c(=O)c2cnc(N3CCCC3)nc21.[Cl-].[Cl-].[Ru+3].c1ccc(-c2ccccn2)nc1.c1ccc(-c2ccccn2)nc1. The van der Waals surface area contributed by atoms with Gasteiger partial charge in [-0.15, -0.1) is 0 Å². The average molecular weight is 772 g/mol. The van der Waals surface area contributed by atoms with Gasteiger partial charge in [-0.3, -0.25) is 24.7 Å². The Morgan fingerprint density at radius 3 is 1.52 bits per heavy atom. The van der Waals surface area contributed by atoms with Crippen LogP contribution in [0.15, 0.2) is 115 Å². The summed E-state index contributed by atoms with van der Waals surface area (Å²) in [6.45, 7) is 4.17. The number of carbonyl (C=O) groups excluding carboxylic acids is 1. The first kappa shape index (κ1) is 39.5. The average Bonchev–Trinajstić information content (AvgIpc) is 3.66. The van der Waals surface area contributed by atoms with Crippen LogP contribution in [0, 0.1) is 0 Å². The smallest absolute Gasteiger partial charge is 1.00 e. The van der Waals surface area contributed by atoms with Gasteiger partial charge in [0, 0.05) is 56.8 Å². The number of fused-ring (bicyclic) bond motifs is 1. The van der Waals surface area contributed by atoms with Gasteiger partial charge in [0.15, 0.2) is 0 Å². The minimum atomic E-state index is -1.48. The Kier molecular flexibility index (Phi) is 16.4. The molecule has 1 fully saturated rings. The van der Waals surface area contributed by atoms with E-state index in [0.29, 0.717) is 18.1 Å². The molecule has 1 radical (unpaired) electrons. The number of pyridine rings is 5. The van der Waals surface area contributed by atoms with Gasteiger partial charge in [-0.2, -0.15) is 4.98 Å². The maximum Gasteiger partial charge on any atom is 3.00 e. The standard InChI is InChI=1S/C14H16N4O3.2C10H8N2.2ClH.Ru/c1-2-17-8-10(13(20)21)11(19)9-7-15-14(16-12(9)17)18-5-3-4-6-18;2*1-3-7-11-9(5-1)10-6-2-4-8-12-10;;;/h7-8H,2-6H2,1H3,(H,20,21);2*1-8H;2*1H;/q;;;;;+3/p-3. The third-order valence-corrected chi connectivity index (χ3v) is 6.94. The van der Waals surface area contributed by atoms with Crippen molar-refractivity contribution in [2.24, 2.45) is 0 Å². The van der Waals surface area contributed by atoms with Crippen LogP contribution in [0.4, 0.5) is 5.95 Å². The summed E-state index contributed by atoms with van der Waals surface area (Å²) in [6.07, 6.45) is 12.0. The molecule has 48 heavy (non-hydrogen) atoms. The molecule has 11 nitrogen and oxygen atoms in total. The van der Waals surface area contributed by atoms with Crippen molar-refractivity contribution in [3.63, 3.8) is 0 Å². The van der Waals surface area contributed by atoms with Crippen LogP contribution in [-0.2, 0) is 26.0 Å². The van der Waals surface area contributed by atoms with Crippen molar-refractivity contribution < 1.29 is 54.2 Å². The van der Waals surface area contributed by atoms with Gasteiger partial charge in [-0.25, -0.2) is 4.98 Å². The van der Waals surface area contributed by atoms with E-state index in [1.807, 2.05) is 79.7 Å². The number of halogens is 2. The minimum absolute atomic E-state index is 0. The molecule has 247 valence electrons. The van der Waals surface area contributed by atoms with Crippen LogP contribution in [0.5, 0.6) is 0 Å². The fourth-order valence-corrected chi connectivity index (χ4v) is 4.68. The van der Waals surface area contributed by atoms with E-state index in [0.717, 1.165) is 48.7 Å². The van der Waals surface area contributed by atoms with Gasteiger partial charge in [0.05, 0.1) is 39.7 Å². The second kappa shape index (κ2) is 19.9. The number of hydrogen-bond donors (Lipinski definition) is 0. The number of hydrogen-bond acceptors (Lipinski definition) is 10. The number of carboxylic acid groups (broad SMARTS) is 1. The predicted octanol–water partition coefficient (Wildman–Crippen LogP) is -1.93. The molecule has 0 saturated carbocycles. The van der Waals surface area contributed by atoms with Gasteiger partial charge < -0.3 is 44.2 Å². The van der Waals surface area contributed by atoms with E-state index >= 15 is 0 Å². The summed E-state index contributed by atoms with van der Waals surface area (Å²) in [5, 5.41) is 11.2. The summed E-state index contributed by atoms with van der Waals surface area (Å²) in [6, 6.07) is 23.2. The van der Waals surface area contributed by atoms with Crippen molar-refractivity contribution >= 4 is 23.0 Å². The Hall–Kier alpha value is -4.64. The molecule has 6 aromatic rings. The number of carbonyl (C=O) groups is 1. The van der Waals surface area contributed by atoms with E-state index in [2.05, 4.69) is 34.8 Å². The summed E-state index contributed by atoms with van der Waals surface area (Å²) in [4.78, 5) is 50.7. The van der Waals surface area contributed by atoms with Crippen LogP contribution < -0.4 is 40.2 Å². The van der Waals surface area contributed by atoms with Crippen molar-refractivity contribution in [3.05, 3.63) is 126 Å². The van der Waals surface area contributed by atoms with Crippen molar-refractivity contribution in [1.82, 2.24) is 34.5 Å². The molecule has 0 N–H and O–H groups in total. The number of nitrogens with zero attached hydrogens (tertiary/aromatic N) is 8. The minimum Gasteiger partial charge on any atom is -1.00 e. The summed E-state index contributed by atoms with van der Waals surface area (Å²) >= 11 is 0. The summed E-state index contributed by atoms with van der Waals surface area (Å²) < 4.78 is 1.64. The Bertz CT molecular complexity index is 1750. The van der Waals surface area contributed by atoms with E-state index < -0.39 is 11.4 Å². The molecule has 0 bridgehead atoms. The van der Waals surface area contributed by atoms with Crippen LogP contribution in [-0.4, -0.2) is 53.5 Å². The molecule has 14 heteroatoms. The van der Waals surface area contributed by atoms with Crippen molar-refractivity contribution in [2.45, 2.75) is 26.3 Å². The summed E-state index contributed by atoms with van der Waals surface area (Å²) in [5.41, 5.74) is 3.17. The number of carboxylic acids is 1. The Balaban J connectivity index is 0.000000257. The first-order valence-electron chi connectivity index (χ1n) is 14.6. The monoisotopic (exact) mass is 771 g/mol. The molecule has 0 aromatic carbocycles. The van der Waals surface area contributed by atoms with Gasteiger partial charge in [0.2, 0.25) is 11.4 Å².